The fourth-order valence-corrected chi connectivity index (χ4v) is 3.33. The van der Waals surface area contributed by atoms with Crippen LogP contribution in [0.25, 0.3) is 11.1 Å². The Morgan fingerprint density at radius 2 is 1.74 bits per heavy atom. The molecule has 10 heteroatoms. The van der Waals surface area contributed by atoms with Crippen LogP contribution in [0.5, 0.6) is 0 Å². The van der Waals surface area contributed by atoms with Crippen molar-refractivity contribution in [2.45, 2.75) is 6.42 Å². The predicted molar refractivity (Wildman–Crippen MR) is 109 cm³/mol. The molecule has 1 heterocycles. The van der Waals surface area contributed by atoms with Crippen LogP contribution < -0.4 is 10.3 Å². The molecular weight excluding hydrogens is 433 g/mol. The molecule has 0 saturated heterocycles. The summed E-state index contributed by atoms with van der Waals surface area (Å²) in [6.07, 6.45) is 1.17. The van der Waals surface area contributed by atoms with E-state index in [2.05, 4.69) is 4.72 Å². The van der Waals surface area contributed by atoms with Crippen LogP contribution in [0.3, 0.4) is 0 Å². The van der Waals surface area contributed by atoms with Crippen molar-refractivity contribution < 1.29 is 26.7 Å². The second-order valence-corrected chi connectivity index (χ2v) is 7.49. The molecule has 3 aromatic rings. The van der Waals surface area contributed by atoms with Gasteiger partial charge in [0.15, 0.2) is 5.78 Å². The molecule has 2 aromatic carbocycles. The van der Waals surface area contributed by atoms with E-state index in [4.69, 9.17) is 4.55 Å². The van der Waals surface area contributed by atoms with Crippen molar-refractivity contribution in [3.05, 3.63) is 93.2 Å². The van der Waals surface area contributed by atoms with E-state index in [-0.39, 0.29) is 40.8 Å². The zero-order valence-electron chi connectivity index (χ0n) is 16.2. The van der Waals surface area contributed by atoms with Crippen LogP contribution in [0.2, 0.25) is 0 Å². The number of benzene rings is 2. The van der Waals surface area contributed by atoms with Crippen molar-refractivity contribution in [3.63, 3.8) is 0 Å². The molecule has 0 aliphatic rings. The van der Waals surface area contributed by atoms with E-state index in [1.165, 1.54) is 31.4 Å². The number of aryl methyl sites for hydroxylation is 1. The zero-order valence-corrected chi connectivity index (χ0v) is 17.0. The molecule has 0 aliphatic heterocycles. The fourth-order valence-electron chi connectivity index (χ4n) is 3.06. The molecule has 1 atom stereocenters. The van der Waals surface area contributed by atoms with Crippen molar-refractivity contribution in [1.82, 2.24) is 9.29 Å². The summed E-state index contributed by atoms with van der Waals surface area (Å²) in [4.78, 5) is 24.7. The average molecular weight is 450 g/mol. The van der Waals surface area contributed by atoms with E-state index in [1.54, 1.807) is 0 Å². The lowest BCUT2D eigenvalue weighted by molar-refractivity contribution is 0.103. The van der Waals surface area contributed by atoms with Crippen LogP contribution in [0.15, 0.2) is 53.5 Å². The first kappa shape index (κ1) is 22.6. The van der Waals surface area contributed by atoms with Gasteiger partial charge in [-0.25, -0.2) is 22.1 Å². The highest BCUT2D eigenvalue weighted by Gasteiger charge is 2.21. The number of hydrogen-bond acceptors (Lipinski definition) is 3. The average Bonchev–Trinajstić information content (AvgIpc) is 2.71. The van der Waals surface area contributed by atoms with Crippen molar-refractivity contribution in [2.24, 2.45) is 7.05 Å². The quantitative estimate of drug-likeness (QED) is 0.428. The molecule has 0 aliphatic carbocycles. The van der Waals surface area contributed by atoms with Crippen molar-refractivity contribution >= 4 is 17.0 Å². The molecule has 1 unspecified atom stereocenters. The lowest BCUT2D eigenvalue weighted by atomic mass is 9.91. The maximum absolute atomic E-state index is 14.7. The van der Waals surface area contributed by atoms with Gasteiger partial charge in [-0.15, -0.1) is 0 Å². The Hall–Kier alpha value is -3.08. The van der Waals surface area contributed by atoms with Crippen molar-refractivity contribution in [1.29, 1.82) is 0 Å². The first-order chi connectivity index (χ1) is 14.7. The monoisotopic (exact) mass is 450 g/mol. The number of rotatable bonds is 7. The van der Waals surface area contributed by atoms with Crippen LogP contribution >= 0.6 is 0 Å². The molecule has 2 N–H and O–H groups in total. The van der Waals surface area contributed by atoms with Crippen LogP contribution in [-0.4, -0.2) is 25.7 Å². The summed E-state index contributed by atoms with van der Waals surface area (Å²) < 4.78 is 65.5. The van der Waals surface area contributed by atoms with Crippen LogP contribution in [0, 0.1) is 17.5 Å². The van der Waals surface area contributed by atoms with E-state index in [0.29, 0.717) is 0 Å². The Kier molecular flexibility index (Phi) is 6.84. The fraction of sp³-hybridized carbons (Fsp3) is 0.143. The Morgan fingerprint density at radius 3 is 2.39 bits per heavy atom. The summed E-state index contributed by atoms with van der Waals surface area (Å²) in [5.41, 5.74) is -0.723. The highest BCUT2D eigenvalue weighted by Crippen LogP contribution is 2.30. The van der Waals surface area contributed by atoms with E-state index in [9.17, 15) is 27.0 Å². The van der Waals surface area contributed by atoms with Crippen LogP contribution in [-0.2, 0) is 24.7 Å². The summed E-state index contributed by atoms with van der Waals surface area (Å²) in [5, 5.41) is 0. The van der Waals surface area contributed by atoms with Crippen LogP contribution in [0.1, 0.15) is 21.5 Å². The Bertz CT molecular complexity index is 1230. The van der Waals surface area contributed by atoms with Gasteiger partial charge in [-0.3, -0.25) is 14.1 Å². The molecule has 0 amide bonds. The first-order valence-electron chi connectivity index (χ1n) is 9.01. The Labute approximate surface area is 177 Å². The lowest BCUT2D eigenvalue weighted by Gasteiger charge is -2.14. The number of halogens is 3. The maximum Gasteiger partial charge on any atom is 0.253 e. The van der Waals surface area contributed by atoms with Gasteiger partial charge in [-0.05, 0) is 53.9 Å². The van der Waals surface area contributed by atoms with Crippen molar-refractivity contribution in [2.75, 3.05) is 6.54 Å². The minimum absolute atomic E-state index is 0.0243. The van der Waals surface area contributed by atoms with Gasteiger partial charge < -0.3 is 4.57 Å². The van der Waals surface area contributed by atoms with E-state index >= 15 is 0 Å². The van der Waals surface area contributed by atoms with Gasteiger partial charge in [-0.2, -0.15) is 0 Å². The third-order valence-electron chi connectivity index (χ3n) is 4.63. The molecule has 6 nitrogen and oxygen atoms in total. The minimum Gasteiger partial charge on any atom is -0.318 e. The predicted octanol–water partition coefficient (Wildman–Crippen LogP) is 2.97. The number of ketones is 1. The summed E-state index contributed by atoms with van der Waals surface area (Å²) in [6.45, 7) is -0.0551. The number of nitrogens with zero attached hydrogens (tertiary/aromatic N) is 1. The Balaban J connectivity index is 2.17. The molecule has 1 aromatic heterocycles. The molecule has 0 spiro atoms. The van der Waals surface area contributed by atoms with E-state index in [0.717, 1.165) is 28.8 Å². The van der Waals surface area contributed by atoms with Gasteiger partial charge in [0.05, 0.1) is 0 Å². The van der Waals surface area contributed by atoms with Crippen molar-refractivity contribution in [3.8, 4) is 11.1 Å². The third-order valence-corrected chi connectivity index (χ3v) is 5.08. The number of hydrogen-bond donors (Lipinski definition) is 2. The Morgan fingerprint density at radius 1 is 1.06 bits per heavy atom. The highest BCUT2D eigenvalue weighted by atomic mass is 32.2. The van der Waals surface area contributed by atoms with Gasteiger partial charge in [0.2, 0.25) is 11.3 Å². The van der Waals surface area contributed by atoms with Gasteiger partial charge in [0.1, 0.15) is 17.5 Å². The molecule has 31 heavy (non-hydrogen) atoms. The van der Waals surface area contributed by atoms with Gasteiger partial charge in [0.25, 0.3) is 5.56 Å². The zero-order chi connectivity index (χ0) is 22.7. The highest BCUT2D eigenvalue weighted by molar-refractivity contribution is 7.77. The molecule has 0 bridgehead atoms. The van der Waals surface area contributed by atoms with Gasteiger partial charge in [0, 0.05) is 42.5 Å². The molecule has 3 rings (SSSR count). The standard InChI is InChI=1S/C21H17F3N2O4S/c1-26-11-17(19(24)10-20(26)27)15-8-13(6-7-25-31(29)30)18(23)9-16(15)21(28)12-2-4-14(22)5-3-12/h2-5,8-11,25H,6-7H2,1H3,(H,29,30). The SMILES string of the molecule is Cn1cc(-c2cc(CCNS(=O)O)c(F)cc2C(=O)c2ccc(F)cc2)c(F)cc1=O. The molecule has 0 fully saturated rings. The summed E-state index contributed by atoms with van der Waals surface area (Å²) >= 11 is -2.29. The normalized spacial score (nSPS) is 12.0. The second-order valence-electron chi connectivity index (χ2n) is 6.70. The van der Waals surface area contributed by atoms with Gasteiger partial charge in [-0.1, -0.05) is 0 Å². The second kappa shape index (κ2) is 9.38. The topological polar surface area (TPSA) is 88.4 Å². The molecule has 0 radical (unpaired) electrons. The summed E-state index contributed by atoms with van der Waals surface area (Å²) in [5.74, 6) is -2.90. The molecule has 162 valence electrons. The maximum atomic E-state index is 14.7. The first-order valence-corrected chi connectivity index (χ1v) is 10.1. The summed E-state index contributed by atoms with van der Waals surface area (Å²) in [7, 11) is 1.40. The number of nitrogens with one attached hydrogen (secondary N) is 1. The third kappa shape index (κ3) is 5.16. The number of carbonyl (C=O) groups excluding carboxylic acids is 1. The molecule has 0 saturated carbocycles. The summed E-state index contributed by atoms with van der Waals surface area (Å²) in [6, 6.07) is 7.56. The number of carbonyl (C=O) groups is 1. The molecular formula is C21H17F3N2O4S. The smallest absolute Gasteiger partial charge is 0.253 e. The van der Waals surface area contributed by atoms with E-state index < -0.39 is 40.1 Å². The van der Waals surface area contributed by atoms with E-state index in [1.807, 2.05) is 0 Å². The number of aromatic nitrogens is 1. The van der Waals surface area contributed by atoms with Crippen LogP contribution in [0.4, 0.5) is 13.2 Å². The minimum atomic E-state index is -2.29. The van der Waals surface area contributed by atoms with Gasteiger partial charge >= 0.3 is 0 Å². The lowest BCUT2D eigenvalue weighted by Crippen LogP contribution is -2.20. The largest absolute Gasteiger partial charge is 0.318 e. The number of pyridine rings is 1.